The molecular formula is C19H21NO4S2. The molecule has 7 heteroatoms. The van der Waals surface area contributed by atoms with Crippen molar-refractivity contribution < 1.29 is 19.1 Å². The number of hydrogen-bond donors (Lipinski definition) is 0. The molecule has 0 aliphatic carbocycles. The largest absolute Gasteiger partial charge is 0.497 e. The average molecular weight is 392 g/mol. The zero-order chi connectivity index (χ0) is 18.4. The SMILES string of the molecule is COc1ccc(SCC(=O)c2ccc(CC(=O)N3CCOCC3)s2)cc1. The van der Waals surface area contributed by atoms with Gasteiger partial charge in [0.2, 0.25) is 5.91 Å². The summed E-state index contributed by atoms with van der Waals surface area (Å²) in [7, 11) is 1.63. The molecule has 0 saturated carbocycles. The van der Waals surface area contributed by atoms with Crippen LogP contribution in [0.25, 0.3) is 0 Å². The molecule has 1 aromatic heterocycles. The molecule has 1 aromatic carbocycles. The van der Waals surface area contributed by atoms with Crippen molar-refractivity contribution in [2.45, 2.75) is 11.3 Å². The summed E-state index contributed by atoms with van der Waals surface area (Å²) in [6.45, 7) is 2.49. The third-order valence-electron chi connectivity index (χ3n) is 4.06. The third kappa shape index (κ3) is 5.09. The van der Waals surface area contributed by atoms with E-state index in [4.69, 9.17) is 9.47 Å². The molecule has 0 atom stereocenters. The number of thioether (sulfide) groups is 1. The second-order valence-corrected chi connectivity index (χ2v) is 8.04. The second kappa shape index (κ2) is 9.21. The van der Waals surface area contributed by atoms with Crippen LogP contribution in [-0.4, -0.2) is 55.8 Å². The van der Waals surface area contributed by atoms with Crippen molar-refractivity contribution in [3.05, 3.63) is 46.2 Å². The number of thiophene rings is 1. The number of carbonyl (C=O) groups excluding carboxylic acids is 2. The number of amides is 1. The highest BCUT2D eigenvalue weighted by Gasteiger charge is 2.18. The van der Waals surface area contributed by atoms with Gasteiger partial charge < -0.3 is 14.4 Å². The number of morpholine rings is 1. The Bertz CT molecular complexity index is 751. The highest BCUT2D eigenvalue weighted by molar-refractivity contribution is 8.00. The molecule has 1 saturated heterocycles. The summed E-state index contributed by atoms with van der Waals surface area (Å²) in [6, 6.07) is 11.4. The molecule has 0 unspecified atom stereocenters. The van der Waals surface area contributed by atoms with Gasteiger partial charge in [-0.05, 0) is 36.4 Å². The number of ether oxygens (including phenoxy) is 2. The van der Waals surface area contributed by atoms with E-state index in [-0.39, 0.29) is 11.7 Å². The molecule has 1 fully saturated rings. The van der Waals surface area contributed by atoms with Crippen LogP contribution in [0, 0.1) is 0 Å². The lowest BCUT2D eigenvalue weighted by Crippen LogP contribution is -2.41. The molecule has 0 radical (unpaired) electrons. The fourth-order valence-corrected chi connectivity index (χ4v) is 4.40. The Morgan fingerprint density at radius 1 is 1.15 bits per heavy atom. The lowest BCUT2D eigenvalue weighted by Gasteiger charge is -2.26. The Hall–Kier alpha value is -1.83. The summed E-state index contributed by atoms with van der Waals surface area (Å²) in [5, 5.41) is 0. The van der Waals surface area contributed by atoms with E-state index in [9.17, 15) is 9.59 Å². The second-order valence-electron chi connectivity index (χ2n) is 5.82. The summed E-state index contributed by atoms with van der Waals surface area (Å²) in [5.74, 6) is 1.36. The first-order chi connectivity index (χ1) is 12.7. The predicted octanol–water partition coefficient (Wildman–Crippen LogP) is 3.13. The molecule has 0 bridgehead atoms. The molecule has 0 N–H and O–H groups in total. The third-order valence-corrected chi connectivity index (χ3v) is 6.19. The van der Waals surface area contributed by atoms with E-state index < -0.39 is 0 Å². The Kier molecular flexibility index (Phi) is 6.71. The summed E-state index contributed by atoms with van der Waals surface area (Å²) >= 11 is 2.91. The van der Waals surface area contributed by atoms with Crippen LogP contribution in [0.1, 0.15) is 14.5 Å². The van der Waals surface area contributed by atoms with Gasteiger partial charge >= 0.3 is 0 Å². The van der Waals surface area contributed by atoms with Crippen LogP contribution in [0.4, 0.5) is 0 Å². The zero-order valence-corrected chi connectivity index (χ0v) is 16.2. The maximum absolute atomic E-state index is 12.4. The van der Waals surface area contributed by atoms with Crippen molar-refractivity contribution in [3.63, 3.8) is 0 Å². The normalized spacial score (nSPS) is 14.3. The molecular weight excluding hydrogens is 370 g/mol. The van der Waals surface area contributed by atoms with Gasteiger partial charge in [0.1, 0.15) is 5.75 Å². The van der Waals surface area contributed by atoms with Crippen LogP contribution < -0.4 is 4.74 Å². The summed E-state index contributed by atoms with van der Waals surface area (Å²) in [4.78, 5) is 29.2. The molecule has 3 rings (SSSR count). The van der Waals surface area contributed by atoms with E-state index in [1.165, 1.54) is 23.1 Å². The maximum atomic E-state index is 12.4. The summed E-state index contributed by atoms with van der Waals surface area (Å²) in [5.41, 5.74) is 0. The Balaban J connectivity index is 1.51. The number of carbonyl (C=O) groups is 2. The Labute approximate surface area is 161 Å². The van der Waals surface area contributed by atoms with Crippen molar-refractivity contribution in [1.29, 1.82) is 0 Å². The van der Waals surface area contributed by atoms with Crippen molar-refractivity contribution in [2.24, 2.45) is 0 Å². The standard InChI is InChI=1S/C19H21NO4S2/c1-23-14-2-4-15(5-3-14)25-13-17(21)18-7-6-16(26-18)12-19(22)20-8-10-24-11-9-20/h2-7H,8-13H2,1H3. The predicted molar refractivity (Wildman–Crippen MR) is 103 cm³/mol. The lowest BCUT2D eigenvalue weighted by molar-refractivity contribution is -0.134. The minimum absolute atomic E-state index is 0.0842. The van der Waals surface area contributed by atoms with E-state index in [0.29, 0.717) is 43.4 Å². The topological polar surface area (TPSA) is 55.8 Å². The smallest absolute Gasteiger partial charge is 0.227 e. The highest BCUT2D eigenvalue weighted by Crippen LogP contribution is 2.24. The maximum Gasteiger partial charge on any atom is 0.227 e. The van der Waals surface area contributed by atoms with Gasteiger partial charge in [-0.3, -0.25) is 9.59 Å². The molecule has 5 nitrogen and oxygen atoms in total. The number of benzene rings is 1. The van der Waals surface area contributed by atoms with E-state index in [1.807, 2.05) is 41.3 Å². The fraction of sp³-hybridized carbons (Fsp3) is 0.368. The molecule has 1 aliphatic heterocycles. The number of hydrogen-bond acceptors (Lipinski definition) is 6. The van der Waals surface area contributed by atoms with E-state index >= 15 is 0 Å². The zero-order valence-electron chi connectivity index (χ0n) is 14.6. The molecule has 1 amide bonds. The van der Waals surface area contributed by atoms with Gasteiger partial charge in [-0.2, -0.15) is 0 Å². The van der Waals surface area contributed by atoms with Gasteiger partial charge in [0, 0.05) is 22.9 Å². The first-order valence-corrected chi connectivity index (χ1v) is 10.2. The number of Topliss-reactive ketones (excluding diaryl/α,β-unsaturated/α-hetero) is 1. The van der Waals surface area contributed by atoms with Crippen LogP contribution in [-0.2, 0) is 16.0 Å². The molecule has 1 aliphatic rings. The van der Waals surface area contributed by atoms with Crippen molar-refractivity contribution in [2.75, 3.05) is 39.2 Å². The summed E-state index contributed by atoms with van der Waals surface area (Å²) in [6.07, 6.45) is 0.351. The summed E-state index contributed by atoms with van der Waals surface area (Å²) < 4.78 is 10.4. The van der Waals surface area contributed by atoms with Gasteiger partial charge in [0.25, 0.3) is 0 Å². The quantitative estimate of drug-likeness (QED) is 0.536. The molecule has 138 valence electrons. The van der Waals surface area contributed by atoms with Gasteiger partial charge in [-0.1, -0.05) is 0 Å². The molecule has 2 heterocycles. The molecule has 2 aromatic rings. The Morgan fingerprint density at radius 3 is 2.58 bits per heavy atom. The fourth-order valence-electron chi connectivity index (χ4n) is 2.59. The van der Waals surface area contributed by atoms with Crippen LogP contribution in [0.3, 0.4) is 0 Å². The Morgan fingerprint density at radius 2 is 1.88 bits per heavy atom. The van der Waals surface area contributed by atoms with Crippen molar-refractivity contribution in [1.82, 2.24) is 4.90 Å². The van der Waals surface area contributed by atoms with Gasteiger partial charge in [-0.15, -0.1) is 23.1 Å². The van der Waals surface area contributed by atoms with Crippen LogP contribution >= 0.6 is 23.1 Å². The minimum Gasteiger partial charge on any atom is -0.497 e. The molecule has 0 spiro atoms. The average Bonchev–Trinajstić information content (AvgIpc) is 3.15. The van der Waals surface area contributed by atoms with Crippen molar-refractivity contribution >= 4 is 34.8 Å². The monoisotopic (exact) mass is 391 g/mol. The van der Waals surface area contributed by atoms with E-state index in [0.717, 1.165) is 15.5 Å². The first-order valence-electron chi connectivity index (χ1n) is 8.40. The van der Waals surface area contributed by atoms with E-state index in [2.05, 4.69) is 0 Å². The molecule has 26 heavy (non-hydrogen) atoms. The van der Waals surface area contributed by atoms with Gasteiger partial charge in [0.15, 0.2) is 5.78 Å². The lowest BCUT2D eigenvalue weighted by atomic mass is 10.3. The number of rotatable bonds is 7. The highest BCUT2D eigenvalue weighted by atomic mass is 32.2. The van der Waals surface area contributed by atoms with Crippen LogP contribution in [0.5, 0.6) is 5.75 Å². The van der Waals surface area contributed by atoms with Crippen LogP contribution in [0.2, 0.25) is 0 Å². The number of nitrogens with zero attached hydrogens (tertiary/aromatic N) is 1. The number of methoxy groups -OCH3 is 1. The minimum atomic E-state index is 0.0842. The van der Waals surface area contributed by atoms with E-state index in [1.54, 1.807) is 7.11 Å². The van der Waals surface area contributed by atoms with Crippen LogP contribution in [0.15, 0.2) is 41.3 Å². The van der Waals surface area contributed by atoms with Crippen molar-refractivity contribution in [3.8, 4) is 5.75 Å². The first kappa shape index (κ1) is 18.9. The number of ketones is 1. The van der Waals surface area contributed by atoms with Gasteiger partial charge in [0.05, 0.1) is 37.4 Å². The van der Waals surface area contributed by atoms with Gasteiger partial charge in [-0.25, -0.2) is 0 Å².